The van der Waals surface area contributed by atoms with Crippen molar-refractivity contribution in [2.45, 2.75) is 12.8 Å². The van der Waals surface area contributed by atoms with Crippen molar-refractivity contribution < 1.29 is 19.0 Å². The van der Waals surface area contributed by atoms with E-state index in [4.69, 9.17) is 19.2 Å². The third-order valence-electron chi connectivity index (χ3n) is 5.53. The molecule has 8 nitrogen and oxygen atoms in total. The molecule has 0 spiro atoms. The van der Waals surface area contributed by atoms with Gasteiger partial charge in [0, 0.05) is 30.8 Å². The molecule has 4 rings (SSSR count). The molecule has 0 bridgehead atoms. The fourth-order valence-corrected chi connectivity index (χ4v) is 3.83. The predicted octanol–water partition coefficient (Wildman–Crippen LogP) is 3.51. The molecule has 1 aliphatic heterocycles. The number of ether oxygens (including phenoxy) is 3. The molecule has 1 aromatic heterocycles. The first-order valence-electron chi connectivity index (χ1n) is 10.2. The fraction of sp³-hybridized carbons (Fsp3) is 0.348. The summed E-state index contributed by atoms with van der Waals surface area (Å²) in [6.45, 7) is 1.40. The summed E-state index contributed by atoms with van der Waals surface area (Å²) in [4.78, 5) is 24.3. The smallest absolute Gasteiger partial charge is 0.257 e. The molecule has 0 radical (unpaired) electrons. The molecule has 162 valence electrons. The van der Waals surface area contributed by atoms with E-state index in [0.29, 0.717) is 36.2 Å². The Morgan fingerprint density at radius 1 is 0.935 bits per heavy atom. The number of methoxy groups -OCH3 is 3. The number of hydrogen-bond acceptors (Lipinski definition) is 7. The van der Waals surface area contributed by atoms with E-state index in [9.17, 15) is 4.79 Å². The lowest BCUT2D eigenvalue weighted by molar-refractivity contribution is -0.120. The fourth-order valence-electron chi connectivity index (χ4n) is 3.83. The van der Waals surface area contributed by atoms with Crippen LogP contribution in [-0.4, -0.2) is 50.3 Å². The normalized spacial score (nSPS) is 14.4. The van der Waals surface area contributed by atoms with Crippen LogP contribution in [0.4, 0.5) is 11.5 Å². The molecule has 1 amide bonds. The van der Waals surface area contributed by atoms with Gasteiger partial charge in [-0.1, -0.05) is 12.1 Å². The topological polar surface area (TPSA) is 85.8 Å². The number of piperidine rings is 1. The van der Waals surface area contributed by atoms with Gasteiger partial charge in [0.15, 0.2) is 17.3 Å². The number of carbonyl (C=O) groups excluding carboxylic acids is 1. The summed E-state index contributed by atoms with van der Waals surface area (Å²) in [5, 5.41) is 2.99. The van der Waals surface area contributed by atoms with Crippen LogP contribution >= 0.6 is 0 Å². The minimum Gasteiger partial charge on any atom is -0.493 e. The first-order valence-corrected chi connectivity index (χ1v) is 10.2. The van der Waals surface area contributed by atoms with Crippen LogP contribution in [0.2, 0.25) is 0 Å². The summed E-state index contributed by atoms with van der Waals surface area (Å²) in [5.74, 6) is 2.36. The van der Waals surface area contributed by atoms with Crippen LogP contribution in [0, 0.1) is 5.92 Å². The van der Waals surface area contributed by atoms with Gasteiger partial charge in [0.1, 0.15) is 0 Å². The number of benzene rings is 2. The molecule has 1 fully saturated rings. The van der Waals surface area contributed by atoms with Crippen molar-refractivity contribution in [3.63, 3.8) is 0 Å². The molecule has 1 N–H and O–H groups in total. The third-order valence-corrected chi connectivity index (χ3v) is 5.53. The molecule has 3 aromatic rings. The summed E-state index contributed by atoms with van der Waals surface area (Å²) in [5.41, 5.74) is 2.31. The van der Waals surface area contributed by atoms with Crippen LogP contribution < -0.4 is 24.4 Å². The van der Waals surface area contributed by atoms with E-state index in [-0.39, 0.29) is 11.8 Å². The van der Waals surface area contributed by atoms with Crippen molar-refractivity contribution in [3.8, 4) is 17.4 Å². The van der Waals surface area contributed by atoms with Crippen molar-refractivity contribution in [3.05, 3.63) is 42.5 Å². The highest BCUT2D eigenvalue weighted by atomic mass is 16.5. The molecule has 0 unspecified atom stereocenters. The average Bonchev–Trinajstić information content (AvgIpc) is 2.83. The summed E-state index contributed by atoms with van der Waals surface area (Å²) >= 11 is 0. The van der Waals surface area contributed by atoms with Gasteiger partial charge in [-0.05, 0) is 37.1 Å². The number of carbonyl (C=O) groups is 1. The van der Waals surface area contributed by atoms with Crippen molar-refractivity contribution in [2.24, 2.45) is 5.92 Å². The quantitative estimate of drug-likeness (QED) is 0.651. The Balaban J connectivity index is 1.43. The van der Waals surface area contributed by atoms with Gasteiger partial charge in [-0.25, -0.2) is 9.97 Å². The second-order valence-electron chi connectivity index (χ2n) is 7.37. The summed E-state index contributed by atoms with van der Waals surface area (Å²) in [7, 11) is 4.76. The van der Waals surface area contributed by atoms with Gasteiger partial charge < -0.3 is 24.4 Å². The lowest BCUT2D eigenvalue weighted by Gasteiger charge is -2.32. The number of fused-ring (bicyclic) bond motifs is 1. The molecular weight excluding hydrogens is 396 g/mol. The van der Waals surface area contributed by atoms with Crippen LogP contribution in [0.3, 0.4) is 0 Å². The summed E-state index contributed by atoms with van der Waals surface area (Å²) < 4.78 is 16.0. The lowest BCUT2D eigenvalue weighted by atomic mass is 9.95. The van der Waals surface area contributed by atoms with Crippen LogP contribution in [0.5, 0.6) is 17.4 Å². The van der Waals surface area contributed by atoms with Crippen LogP contribution in [0.15, 0.2) is 42.5 Å². The zero-order valence-electron chi connectivity index (χ0n) is 17.9. The highest BCUT2D eigenvalue weighted by molar-refractivity contribution is 5.93. The van der Waals surface area contributed by atoms with Gasteiger partial charge in [0.25, 0.3) is 5.88 Å². The number of aromatic nitrogens is 2. The minimum atomic E-state index is -0.0799. The van der Waals surface area contributed by atoms with E-state index in [1.807, 2.05) is 30.3 Å². The predicted molar refractivity (Wildman–Crippen MR) is 119 cm³/mol. The van der Waals surface area contributed by atoms with Gasteiger partial charge in [0.05, 0.1) is 32.4 Å². The van der Waals surface area contributed by atoms with E-state index in [1.165, 1.54) is 0 Å². The molecule has 2 heterocycles. The van der Waals surface area contributed by atoms with Crippen molar-refractivity contribution in [1.82, 2.24) is 9.97 Å². The number of hydrogen-bond donors (Lipinski definition) is 1. The first-order chi connectivity index (χ1) is 15.1. The molecule has 1 saturated heterocycles. The first kappa shape index (κ1) is 20.7. The Bertz CT molecular complexity index is 1080. The summed E-state index contributed by atoms with van der Waals surface area (Å²) in [6, 6.07) is 13.1. The zero-order valence-corrected chi connectivity index (χ0v) is 17.9. The van der Waals surface area contributed by atoms with E-state index in [1.54, 1.807) is 33.5 Å². The number of nitrogens with one attached hydrogen (secondary N) is 1. The molecule has 8 heteroatoms. The average molecular weight is 422 g/mol. The Labute approximate surface area is 181 Å². The molecular formula is C23H26N4O4. The molecule has 0 aliphatic carbocycles. The Morgan fingerprint density at radius 2 is 1.61 bits per heavy atom. The Kier molecular flexibility index (Phi) is 6.06. The van der Waals surface area contributed by atoms with Crippen LogP contribution in [-0.2, 0) is 4.79 Å². The van der Waals surface area contributed by atoms with Crippen LogP contribution in [0.1, 0.15) is 12.8 Å². The van der Waals surface area contributed by atoms with Gasteiger partial charge in [0.2, 0.25) is 5.91 Å². The Hall–Kier alpha value is -3.55. The van der Waals surface area contributed by atoms with Gasteiger partial charge in [-0.3, -0.25) is 4.79 Å². The third kappa shape index (κ3) is 4.33. The summed E-state index contributed by atoms with van der Waals surface area (Å²) in [6.07, 6.45) is 1.44. The standard InChI is InChI=1S/C23H26N4O4/c1-29-19-9-8-16(14-20(19)30-2)24-22(28)15-10-12-27(13-11-15)21-23(31-3)26-18-7-5-4-6-17(18)25-21/h4-9,14-15H,10-13H2,1-3H3,(H,24,28). The number of para-hydroxylation sites is 2. The van der Waals surface area contributed by atoms with E-state index in [2.05, 4.69) is 15.2 Å². The number of anilines is 2. The van der Waals surface area contributed by atoms with Crippen molar-refractivity contribution in [2.75, 3.05) is 44.6 Å². The van der Waals surface area contributed by atoms with Gasteiger partial charge in [-0.2, -0.15) is 0 Å². The maximum atomic E-state index is 12.8. The van der Waals surface area contributed by atoms with Crippen LogP contribution in [0.25, 0.3) is 11.0 Å². The van der Waals surface area contributed by atoms with Crippen molar-refractivity contribution >= 4 is 28.4 Å². The molecule has 0 atom stereocenters. The second-order valence-corrected chi connectivity index (χ2v) is 7.37. The van der Waals surface area contributed by atoms with E-state index < -0.39 is 0 Å². The SMILES string of the molecule is COc1ccc(NC(=O)C2CCN(c3nc4ccccc4nc3OC)CC2)cc1OC. The maximum Gasteiger partial charge on any atom is 0.257 e. The maximum absolute atomic E-state index is 12.8. The van der Waals surface area contributed by atoms with Gasteiger partial charge in [-0.15, -0.1) is 0 Å². The second kappa shape index (κ2) is 9.07. The Morgan fingerprint density at radius 3 is 2.26 bits per heavy atom. The monoisotopic (exact) mass is 422 g/mol. The lowest BCUT2D eigenvalue weighted by Crippen LogP contribution is -2.38. The van der Waals surface area contributed by atoms with Gasteiger partial charge >= 0.3 is 0 Å². The minimum absolute atomic E-state index is 0.00318. The number of nitrogens with zero attached hydrogens (tertiary/aromatic N) is 3. The molecule has 1 aliphatic rings. The highest BCUT2D eigenvalue weighted by Gasteiger charge is 2.28. The highest BCUT2D eigenvalue weighted by Crippen LogP contribution is 2.32. The molecule has 0 saturated carbocycles. The van der Waals surface area contributed by atoms with E-state index in [0.717, 1.165) is 29.7 Å². The number of rotatable bonds is 6. The molecule has 2 aromatic carbocycles. The molecule has 31 heavy (non-hydrogen) atoms. The number of amides is 1. The van der Waals surface area contributed by atoms with Crippen molar-refractivity contribution in [1.29, 1.82) is 0 Å². The largest absolute Gasteiger partial charge is 0.493 e. The zero-order chi connectivity index (χ0) is 21.8. The van der Waals surface area contributed by atoms with E-state index >= 15 is 0 Å².